The number of esters is 1. The molecule has 1 amide bonds. The largest absolute Gasteiger partial charge is 0.460 e. The molecule has 1 N–H and O–H groups in total. The SMILES string of the molecule is C=CC(=O)OCC1COC(=O)N1. The Kier molecular flexibility index (Phi) is 2.68. The molecule has 0 aromatic heterocycles. The summed E-state index contributed by atoms with van der Waals surface area (Å²) >= 11 is 0. The van der Waals surface area contributed by atoms with Gasteiger partial charge in [-0.15, -0.1) is 0 Å². The zero-order valence-corrected chi connectivity index (χ0v) is 6.41. The van der Waals surface area contributed by atoms with E-state index in [1.165, 1.54) is 0 Å². The van der Waals surface area contributed by atoms with Gasteiger partial charge in [0.1, 0.15) is 19.3 Å². The number of cyclic esters (lactones) is 1. The molecule has 1 aliphatic heterocycles. The van der Waals surface area contributed by atoms with E-state index in [2.05, 4.69) is 21.4 Å². The Hall–Kier alpha value is -1.52. The molecule has 0 saturated carbocycles. The van der Waals surface area contributed by atoms with Gasteiger partial charge in [-0.05, 0) is 0 Å². The van der Waals surface area contributed by atoms with Crippen molar-refractivity contribution in [3.63, 3.8) is 0 Å². The molecule has 1 aliphatic rings. The van der Waals surface area contributed by atoms with Crippen molar-refractivity contribution in [3.8, 4) is 0 Å². The van der Waals surface area contributed by atoms with Crippen LogP contribution in [-0.2, 0) is 14.3 Å². The molecule has 1 rings (SSSR count). The third kappa shape index (κ3) is 2.26. The van der Waals surface area contributed by atoms with Crippen LogP contribution in [0.25, 0.3) is 0 Å². The van der Waals surface area contributed by atoms with Crippen LogP contribution in [0.15, 0.2) is 12.7 Å². The van der Waals surface area contributed by atoms with Gasteiger partial charge in [0.25, 0.3) is 0 Å². The van der Waals surface area contributed by atoms with E-state index in [-0.39, 0.29) is 19.3 Å². The number of rotatable bonds is 3. The number of carbonyl (C=O) groups excluding carboxylic acids is 2. The lowest BCUT2D eigenvalue weighted by Crippen LogP contribution is -2.31. The first kappa shape index (κ1) is 8.58. The van der Waals surface area contributed by atoms with Crippen molar-refractivity contribution in [2.24, 2.45) is 0 Å². The Labute approximate surface area is 69.3 Å². The lowest BCUT2D eigenvalue weighted by Gasteiger charge is -2.05. The highest BCUT2D eigenvalue weighted by Gasteiger charge is 2.22. The van der Waals surface area contributed by atoms with Gasteiger partial charge in [0.2, 0.25) is 0 Å². The van der Waals surface area contributed by atoms with Crippen LogP contribution in [0, 0.1) is 0 Å². The molecule has 5 nitrogen and oxygen atoms in total. The minimum absolute atomic E-state index is 0.122. The lowest BCUT2D eigenvalue weighted by molar-refractivity contribution is -0.138. The Morgan fingerprint density at radius 2 is 2.67 bits per heavy atom. The van der Waals surface area contributed by atoms with Gasteiger partial charge < -0.3 is 14.8 Å². The number of nitrogens with one attached hydrogen (secondary N) is 1. The summed E-state index contributed by atoms with van der Waals surface area (Å²) in [7, 11) is 0. The molecule has 0 bridgehead atoms. The normalized spacial score (nSPS) is 21.0. The second-order valence-electron chi connectivity index (χ2n) is 2.27. The summed E-state index contributed by atoms with van der Waals surface area (Å²) in [6.07, 6.45) is 0.590. The van der Waals surface area contributed by atoms with E-state index in [0.29, 0.717) is 0 Å². The summed E-state index contributed by atoms with van der Waals surface area (Å²) < 4.78 is 9.24. The predicted octanol–water partition coefficient (Wildman–Crippen LogP) is -0.176. The number of alkyl carbamates (subject to hydrolysis) is 1. The fourth-order valence-electron chi connectivity index (χ4n) is 0.758. The maximum absolute atomic E-state index is 10.6. The molecule has 1 fully saturated rings. The van der Waals surface area contributed by atoms with E-state index in [4.69, 9.17) is 0 Å². The van der Waals surface area contributed by atoms with Gasteiger partial charge in [-0.25, -0.2) is 9.59 Å². The van der Waals surface area contributed by atoms with Gasteiger partial charge in [0.15, 0.2) is 0 Å². The number of ether oxygens (including phenoxy) is 2. The molecule has 0 radical (unpaired) electrons. The minimum atomic E-state index is -0.504. The minimum Gasteiger partial charge on any atom is -0.460 e. The maximum Gasteiger partial charge on any atom is 0.407 e. The topological polar surface area (TPSA) is 64.6 Å². The number of carbonyl (C=O) groups is 2. The Morgan fingerprint density at radius 3 is 3.17 bits per heavy atom. The summed E-state index contributed by atoms with van der Waals surface area (Å²) in [6.45, 7) is 3.59. The smallest absolute Gasteiger partial charge is 0.407 e. The van der Waals surface area contributed by atoms with Crippen LogP contribution in [0.3, 0.4) is 0 Å². The fraction of sp³-hybridized carbons (Fsp3) is 0.429. The van der Waals surface area contributed by atoms with E-state index in [9.17, 15) is 9.59 Å². The van der Waals surface area contributed by atoms with Crippen LogP contribution in [0.4, 0.5) is 4.79 Å². The molecule has 1 saturated heterocycles. The third-order valence-electron chi connectivity index (χ3n) is 1.33. The molecule has 1 unspecified atom stereocenters. The Balaban J connectivity index is 2.20. The highest BCUT2D eigenvalue weighted by Crippen LogP contribution is 1.97. The maximum atomic E-state index is 10.6. The van der Waals surface area contributed by atoms with E-state index in [1.807, 2.05) is 0 Å². The van der Waals surface area contributed by atoms with Crippen molar-refractivity contribution in [1.82, 2.24) is 5.32 Å². The number of hydrogen-bond donors (Lipinski definition) is 1. The van der Waals surface area contributed by atoms with Gasteiger partial charge in [-0.3, -0.25) is 0 Å². The zero-order chi connectivity index (χ0) is 8.97. The first-order chi connectivity index (χ1) is 5.72. The van der Waals surface area contributed by atoms with Crippen molar-refractivity contribution in [1.29, 1.82) is 0 Å². The van der Waals surface area contributed by atoms with Crippen LogP contribution in [0.2, 0.25) is 0 Å². The summed E-state index contributed by atoms with van der Waals surface area (Å²) in [5.74, 6) is -0.504. The summed E-state index contributed by atoms with van der Waals surface area (Å²) in [6, 6.07) is -0.235. The lowest BCUT2D eigenvalue weighted by atomic mass is 10.3. The quantitative estimate of drug-likeness (QED) is 0.472. The second-order valence-corrected chi connectivity index (χ2v) is 2.27. The first-order valence-electron chi connectivity index (χ1n) is 3.45. The van der Waals surface area contributed by atoms with Crippen molar-refractivity contribution < 1.29 is 19.1 Å². The molecule has 12 heavy (non-hydrogen) atoms. The molecule has 1 heterocycles. The average molecular weight is 171 g/mol. The number of amides is 1. The highest BCUT2D eigenvalue weighted by atomic mass is 16.6. The van der Waals surface area contributed by atoms with Crippen LogP contribution in [0.1, 0.15) is 0 Å². The summed E-state index contributed by atoms with van der Waals surface area (Å²) in [4.78, 5) is 21.0. The average Bonchev–Trinajstić information content (AvgIpc) is 2.47. The van der Waals surface area contributed by atoms with Crippen LogP contribution < -0.4 is 5.32 Å². The van der Waals surface area contributed by atoms with Gasteiger partial charge in [-0.1, -0.05) is 6.58 Å². The molecule has 0 spiro atoms. The Bertz CT molecular complexity index is 213. The van der Waals surface area contributed by atoms with Gasteiger partial charge in [-0.2, -0.15) is 0 Å². The molecule has 66 valence electrons. The third-order valence-corrected chi connectivity index (χ3v) is 1.33. The predicted molar refractivity (Wildman–Crippen MR) is 39.4 cm³/mol. The van der Waals surface area contributed by atoms with Crippen molar-refractivity contribution in [3.05, 3.63) is 12.7 Å². The second kappa shape index (κ2) is 3.75. The van der Waals surface area contributed by atoms with Crippen molar-refractivity contribution in [2.45, 2.75) is 6.04 Å². The first-order valence-corrected chi connectivity index (χ1v) is 3.45. The zero-order valence-electron chi connectivity index (χ0n) is 6.41. The molecular formula is C7H9NO4. The monoisotopic (exact) mass is 171 g/mol. The summed E-state index contributed by atoms with van der Waals surface area (Å²) in [5, 5.41) is 2.46. The fourth-order valence-corrected chi connectivity index (χ4v) is 0.758. The molecule has 0 aromatic carbocycles. The molecule has 0 aliphatic carbocycles. The van der Waals surface area contributed by atoms with Gasteiger partial charge in [0, 0.05) is 6.08 Å². The standard InChI is InChI=1S/C7H9NO4/c1-2-6(9)11-3-5-4-12-7(10)8-5/h2,5H,1,3-4H2,(H,8,10). The van der Waals surface area contributed by atoms with Gasteiger partial charge in [0.05, 0.1) is 0 Å². The summed E-state index contributed by atoms with van der Waals surface area (Å²) in [5.41, 5.74) is 0. The van der Waals surface area contributed by atoms with Crippen LogP contribution in [-0.4, -0.2) is 31.3 Å². The number of hydrogen-bond acceptors (Lipinski definition) is 4. The van der Waals surface area contributed by atoms with E-state index >= 15 is 0 Å². The van der Waals surface area contributed by atoms with Crippen molar-refractivity contribution in [2.75, 3.05) is 13.2 Å². The molecule has 1 atom stereocenters. The van der Waals surface area contributed by atoms with E-state index in [0.717, 1.165) is 6.08 Å². The molecule has 0 aromatic rings. The molecular weight excluding hydrogens is 162 g/mol. The van der Waals surface area contributed by atoms with E-state index < -0.39 is 12.1 Å². The van der Waals surface area contributed by atoms with Gasteiger partial charge >= 0.3 is 12.1 Å². The van der Waals surface area contributed by atoms with E-state index in [1.54, 1.807) is 0 Å². The van der Waals surface area contributed by atoms with Crippen LogP contribution in [0.5, 0.6) is 0 Å². The Morgan fingerprint density at radius 1 is 1.92 bits per heavy atom. The highest BCUT2D eigenvalue weighted by molar-refractivity contribution is 5.81. The van der Waals surface area contributed by atoms with Crippen LogP contribution >= 0.6 is 0 Å². The van der Waals surface area contributed by atoms with Crippen molar-refractivity contribution >= 4 is 12.1 Å². The molecule has 5 heteroatoms.